The first kappa shape index (κ1) is 26.6. The fourth-order valence-corrected chi connectivity index (χ4v) is 2.65. The third-order valence-corrected chi connectivity index (χ3v) is 3.99. The van der Waals surface area contributed by atoms with E-state index in [1.165, 1.54) is 83.5 Å². The highest BCUT2D eigenvalue weighted by Gasteiger charge is 1.97. The number of halogens is 3. The summed E-state index contributed by atoms with van der Waals surface area (Å²) in [4.78, 5) is 10.3. The van der Waals surface area contributed by atoms with E-state index in [1.54, 1.807) is 0 Å². The van der Waals surface area contributed by atoms with Gasteiger partial charge in [-0.05, 0) is 6.42 Å². The van der Waals surface area contributed by atoms with Crippen LogP contribution < -0.4 is 0 Å². The van der Waals surface area contributed by atoms with Crippen LogP contribution in [0.1, 0.15) is 110 Å². The zero-order valence-corrected chi connectivity index (χ0v) is 17.6. The first-order valence-corrected chi connectivity index (χ1v) is 11.0. The van der Waals surface area contributed by atoms with Crippen molar-refractivity contribution in [3.05, 3.63) is 0 Å². The summed E-state index contributed by atoms with van der Waals surface area (Å²) in [6.45, 7) is 2.27. The number of carboxylic acid groups (broad SMARTS) is 1. The Labute approximate surface area is 164 Å². The fraction of sp³-hybridized carbons (Fsp3) is 0.947. The first-order valence-electron chi connectivity index (χ1n) is 9.64. The number of hydrogen-bond acceptors (Lipinski definition) is 1. The number of alkyl halides is 3. The Balaban J connectivity index is 0. The number of aliphatic carboxylic acids is 1. The van der Waals surface area contributed by atoms with Gasteiger partial charge in [0.15, 0.2) is 4.30 Å². The number of hydrogen-bond donors (Lipinski definition) is 1. The molecule has 0 aromatic heterocycles. The van der Waals surface area contributed by atoms with Crippen molar-refractivity contribution >= 4 is 40.8 Å². The second-order valence-corrected chi connectivity index (χ2v) is 8.32. The molecule has 2 nitrogen and oxygen atoms in total. The largest absolute Gasteiger partial charge is 0.481 e. The molecule has 0 aliphatic carbocycles. The van der Waals surface area contributed by atoms with Gasteiger partial charge in [-0.1, -0.05) is 132 Å². The molecule has 0 unspecified atom stereocenters. The zero-order valence-electron chi connectivity index (χ0n) is 15.4. The molecule has 0 aliphatic heterocycles. The van der Waals surface area contributed by atoms with Crippen molar-refractivity contribution in [1.82, 2.24) is 0 Å². The van der Waals surface area contributed by atoms with Crippen molar-refractivity contribution in [2.45, 2.75) is 114 Å². The van der Waals surface area contributed by atoms with Crippen molar-refractivity contribution in [2.24, 2.45) is 0 Å². The van der Waals surface area contributed by atoms with Crippen LogP contribution in [-0.2, 0) is 4.79 Å². The van der Waals surface area contributed by atoms with Crippen LogP contribution in [0.3, 0.4) is 0 Å². The average Bonchev–Trinajstić information content (AvgIpc) is 2.50. The van der Waals surface area contributed by atoms with E-state index in [4.69, 9.17) is 39.9 Å². The van der Waals surface area contributed by atoms with Gasteiger partial charge in [-0.15, -0.1) is 0 Å². The highest BCUT2D eigenvalue weighted by Crippen LogP contribution is 2.13. The Kier molecular flexibility index (Phi) is 25.8. The SMILES string of the molecule is CCCCCCCCCCCCCCCCCC(=O)O.ClC(Cl)Cl. The van der Waals surface area contributed by atoms with Gasteiger partial charge in [-0.25, -0.2) is 0 Å². The van der Waals surface area contributed by atoms with Gasteiger partial charge >= 0.3 is 5.97 Å². The van der Waals surface area contributed by atoms with E-state index < -0.39 is 10.3 Å². The van der Waals surface area contributed by atoms with Crippen LogP contribution in [0.2, 0.25) is 0 Å². The molecule has 0 rings (SSSR count). The molecule has 24 heavy (non-hydrogen) atoms. The molecule has 0 amide bonds. The van der Waals surface area contributed by atoms with Crippen molar-refractivity contribution in [1.29, 1.82) is 0 Å². The Morgan fingerprint density at radius 1 is 0.667 bits per heavy atom. The highest BCUT2D eigenvalue weighted by molar-refractivity contribution is 6.63. The van der Waals surface area contributed by atoms with Crippen LogP contribution in [0.15, 0.2) is 0 Å². The first-order chi connectivity index (χ1) is 11.5. The molecule has 0 bridgehead atoms. The van der Waals surface area contributed by atoms with Gasteiger partial charge in [0, 0.05) is 6.42 Å². The van der Waals surface area contributed by atoms with Crippen LogP contribution in [0, 0.1) is 0 Å². The molecule has 0 atom stereocenters. The van der Waals surface area contributed by atoms with Crippen molar-refractivity contribution < 1.29 is 9.90 Å². The lowest BCUT2D eigenvalue weighted by molar-refractivity contribution is -0.137. The van der Waals surface area contributed by atoms with Gasteiger partial charge in [-0.2, -0.15) is 0 Å². The standard InChI is InChI=1S/C18H36O2.CHCl3/c1-2-3-4-5-6-7-8-9-10-11-12-13-14-15-16-17-18(19)20;2-1(3)4/h2-17H2,1H3,(H,19,20);1H. The molecule has 0 saturated carbocycles. The second kappa shape index (κ2) is 23.3. The zero-order chi connectivity index (χ0) is 18.5. The van der Waals surface area contributed by atoms with Crippen LogP contribution >= 0.6 is 34.8 Å². The minimum absolute atomic E-state index is 0.345. The quantitative estimate of drug-likeness (QED) is 0.208. The molecule has 5 heteroatoms. The Morgan fingerprint density at radius 3 is 1.17 bits per heavy atom. The lowest BCUT2D eigenvalue weighted by Gasteiger charge is -2.03. The van der Waals surface area contributed by atoms with E-state index in [1.807, 2.05) is 0 Å². The molecule has 0 aliphatic rings. The van der Waals surface area contributed by atoms with Crippen molar-refractivity contribution in [3.8, 4) is 0 Å². The molecular formula is C19H37Cl3O2. The van der Waals surface area contributed by atoms with E-state index in [9.17, 15) is 4.79 Å². The summed E-state index contributed by atoms with van der Waals surface area (Å²) in [5.41, 5.74) is 0. The van der Waals surface area contributed by atoms with E-state index in [2.05, 4.69) is 6.92 Å². The van der Waals surface area contributed by atoms with E-state index in [0.717, 1.165) is 12.8 Å². The number of unbranched alkanes of at least 4 members (excludes halogenated alkanes) is 14. The van der Waals surface area contributed by atoms with Crippen molar-refractivity contribution in [3.63, 3.8) is 0 Å². The lowest BCUT2D eigenvalue weighted by Crippen LogP contribution is -1.93. The summed E-state index contributed by atoms with van der Waals surface area (Å²) < 4.78 is -0.750. The van der Waals surface area contributed by atoms with Gasteiger partial charge in [0.25, 0.3) is 0 Å². The van der Waals surface area contributed by atoms with E-state index in [0.29, 0.717) is 6.42 Å². The monoisotopic (exact) mass is 402 g/mol. The number of carbonyl (C=O) groups is 1. The maximum atomic E-state index is 10.3. The highest BCUT2D eigenvalue weighted by atomic mass is 35.6. The van der Waals surface area contributed by atoms with Gasteiger partial charge in [-0.3, -0.25) is 4.79 Å². The van der Waals surface area contributed by atoms with Crippen LogP contribution in [0.25, 0.3) is 0 Å². The average molecular weight is 404 g/mol. The maximum Gasteiger partial charge on any atom is 0.303 e. The van der Waals surface area contributed by atoms with E-state index in [-0.39, 0.29) is 0 Å². The van der Waals surface area contributed by atoms with Gasteiger partial charge in [0.1, 0.15) is 0 Å². The molecule has 0 saturated heterocycles. The lowest BCUT2D eigenvalue weighted by atomic mass is 10.0. The molecule has 0 fully saturated rings. The summed E-state index contributed by atoms with van der Waals surface area (Å²) in [7, 11) is 0. The maximum absolute atomic E-state index is 10.3. The third-order valence-electron chi connectivity index (χ3n) is 3.99. The number of carboxylic acids is 1. The molecule has 1 N–H and O–H groups in total. The normalized spacial score (nSPS) is 10.5. The summed E-state index contributed by atoms with van der Waals surface area (Å²) in [5, 5.41) is 8.52. The van der Waals surface area contributed by atoms with E-state index >= 15 is 0 Å². The predicted octanol–water partition coefficient (Wildman–Crippen LogP) is 8.32. The Morgan fingerprint density at radius 2 is 0.917 bits per heavy atom. The summed E-state index contributed by atoms with van der Waals surface area (Å²) in [5.74, 6) is -0.653. The molecule has 0 heterocycles. The molecular weight excluding hydrogens is 367 g/mol. The molecule has 0 spiro atoms. The molecule has 146 valence electrons. The van der Waals surface area contributed by atoms with Crippen LogP contribution in [0.5, 0.6) is 0 Å². The van der Waals surface area contributed by atoms with Gasteiger partial charge in [0.05, 0.1) is 0 Å². The summed E-state index contributed by atoms with van der Waals surface area (Å²) >= 11 is 14.4. The van der Waals surface area contributed by atoms with Gasteiger partial charge in [0.2, 0.25) is 0 Å². The second-order valence-electron chi connectivity index (χ2n) is 6.34. The smallest absolute Gasteiger partial charge is 0.303 e. The predicted molar refractivity (Wildman–Crippen MR) is 109 cm³/mol. The van der Waals surface area contributed by atoms with Crippen LogP contribution in [-0.4, -0.2) is 15.4 Å². The minimum Gasteiger partial charge on any atom is -0.481 e. The third kappa shape index (κ3) is 33.8. The van der Waals surface area contributed by atoms with Crippen LogP contribution in [0.4, 0.5) is 0 Å². The summed E-state index contributed by atoms with van der Waals surface area (Å²) in [6, 6.07) is 0. The minimum atomic E-state index is -0.750. The molecule has 0 radical (unpaired) electrons. The van der Waals surface area contributed by atoms with Crippen molar-refractivity contribution in [2.75, 3.05) is 0 Å². The topological polar surface area (TPSA) is 37.3 Å². The fourth-order valence-electron chi connectivity index (χ4n) is 2.65. The van der Waals surface area contributed by atoms with Gasteiger partial charge < -0.3 is 5.11 Å². The number of rotatable bonds is 16. The molecule has 0 aromatic rings. The Hall–Kier alpha value is 0.340. The molecule has 0 aromatic carbocycles. The Bertz CT molecular complexity index is 246. The summed E-state index contributed by atoms with van der Waals surface area (Å²) in [6.07, 6.45) is 20.2.